The maximum atomic E-state index is 8.62. The molecule has 0 aliphatic rings. The highest BCUT2D eigenvalue weighted by molar-refractivity contribution is 5.46. The molecule has 1 aromatic heterocycles. The van der Waals surface area contributed by atoms with E-state index in [1.165, 1.54) is 0 Å². The number of hydrogen-bond acceptors (Lipinski definition) is 2. The van der Waals surface area contributed by atoms with E-state index in [2.05, 4.69) is 0 Å². The Morgan fingerprint density at radius 2 is 2.60 bits per heavy atom. The Bertz CT molecular complexity index is 209. The quantitative estimate of drug-likeness (QED) is 0.674. The molecule has 0 aromatic carbocycles. The second-order valence-corrected chi connectivity index (χ2v) is 2.16. The molecule has 54 valence electrons. The van der Waals surface area contributed by atoms with Crippen LogP contribution in [0, 0.1) is 0 Å². The standard InChI is InChI=1S/C8H10O2/c1-7(6-9)5-8-3-2-4-10-8/h2-5,9H,6H2,1H3/b7-5+. The molecule has 0 saturated carbocycles. The molecule has 0 spiro atoms. The van der Waals surface area contributed by atoms with Crippen molar-refractivity contribution in [2.75, 3.05) is 6.61 Å². The van der Waals surface area contributed by atoms with Crippen molar-refractivity contribution in [1.82, 2.24) is 0 Å². The lowest BCUT2D eigenvalue weighted by molar-refractivity contribution is 0.332. The van der Waals surface area contributed by atoms with Crippen molar-refractivity contribution in [2.24, 2.45) is 0 Å². The molecule has 0 saturated heterocycles. The van der Waals surface area contributed by atoms with E-state index in [1.807, 2.05) is 19.1 Å². The fraction of sp³-hybridized carbons (Fsp3) is 0.250. The lowest BCUT2D eigenvalue weighted by Crippen LogP contribution is -1.81. The Hall–Kier alpha value is -1.02. The molecule has 1 heterocycles. The number of aliphatic hydroxyl groups is 1. The SMILES string of the molecule is C/C(=C\c1ccco1)CO. The molecule has 0 fully saturated rings. The first kappa shape index (κ1) is 7.09. The first-order valence-electron chi connectivity index (χ1n) is 3.14. The summed E-state index contributed by atoms with van der Waals surface area (Å²) in [7, 11) is 0. The monoisotopic (exact) mass is 138 g/mol. The van der Waals surface area contributed by atoms with Crippen LogP contribution in [0.4, 0.5) is 0 Å². The van der Waals surface area contributed by atoms with E-state index >= 15 is 0 Å². The Kier molecular flexibility index (Phi) is 2.29. The molecule has 0 atom stereocenters. The molecule has 0 aliphatic carbocycles. The molecule has 0 amide bonds. The van der Waals surface area contributed by atoms with E-state index in [9.17, 15) is 0 Å². The van der Waals surface area contributed by atoms with Gasteiger partial charge in [-0.25, -0.2) is 0 Å². The maximum absolute atomic E-state index is 8.62. The van der Waals surface area contributed by atoms with Gasteiger partial charge < -0.3 is 9.52 Å². The molecule has 1 aromatic rings. The highest BCUT2D eigenvalue weighted by atomic mass is 16.3. The minimum atomic E-state index is 0.0840. The minimum absolute atomic E-state index is 0.0840. The fourth-order valence-electron chi connectivity index (χ4n) is 0.662. The van der Waals surface area contributed by atoms with Gasteiger partial charge in [0, 0.05) is 0 Å². The van der Waals surface area contributed by atoms with E-state index in [-0.39, 0.29) is 6.61 Å². The predicted molar refractivity (Wildman–Crippen MR) is 39.4 cm³/mol. The maximum Gasteiger partial charge on any atom is 0.126 e. The first-order valence-corrected chi connectivity index (χ1v) is 3.14. The molecule has 2 heteroatoms. The highest BCUT2D eigenvalue weighted by Gasteiger charge is 1.89. The summed E-state index contributed by atoms with van der Waals surface area (Å²) in [6.07, 6.45) is 3.41. The first-order chi connectivity index (χ1) is 4.83. The highest BCUT2D eigenvalue weighted by Crippen LogP contribution is 2.05. The second kappa shape index (κ2) is 3.22. The number of hydrogen-bond donors (Lipinski definition) is 1. The molecule has 0 bridgehead atoms. The zero-order chi connectivity index (χ0) is 7.40. The van der Waals surface area contributed by atoms with Crippen molar-refractivity contribution in [3.8, 4) is 0 Å². The smallest absolute Gasteiger partial charge is 0.126 e. The van der Waals surface area contributed by atoms with Gasteiger partial charge in [0.15, 0.2) is 0 Å². The van der Waals surface area contributed by atoms with Crippen molar-refractivity contribution in [1.29, 1.82) is 0 Å². The zero-order valence-corrected chi connectivity index (χ0v) is 5.87. The summed E-state index contributed by atoms with van der Waals surface area (Å²) >= 11 is 0. The third-order valence-electron chi connectivity index (χ3n) is 1.18. The van der Waals surface area contributed by atoms with Crippen LogP contribution in [-0.2, 0) is 0 Å². The Morgan fingerprint density at radius 1 is 1.80 bits per heavy atom. The fourth-order valence-corrected chi connectivity index (χ4v) is 0.662. The summed E-state index contributed by atoms with van der Waals surface area (Å²) in [6.45, 7) is 1.93. The number of aliphatic hydroxyl groups excluding tert-OH is 1. The summed E-state index contributed by atoms with van der Waals surface area (Å²) in [5.41, 5.74) is 0.898. The van der Waals surface area contributed by atoms with E-state index in [0.29, 0.717) is 0 Å². The van der Waals surface area contributed by atoms with Crippen LogP contribution in [0.1, 0.15) is 12.7 Å². The van der Waals surface area contributed by atoms with E-state index in [0.717, 1.165) is 11.3 Å². The molecule has 10 heavy (non-hydrogen) atoms. The van der Waals surface area contributed by atoms with Crippen molar-refractivity contribution in [3.63, 3.8) is 0 Å². The van der Waals surface area contributed by atoms with Gasteiger partial charge in [0.05, 0.1) is 12.9 Å². The summed E-state index contributed by atoms with van der Waals surface area (Å²) in [4.78, 5) is 0. The summed E-state index contributed by atoms with van der Waals surface area (Å²) in [5.74, 6) is 0.784. The van der Waals surface area contributed by atoms with Gasteiger partial charge in [0.1, 0.15) is 5.76 Å². The van der Waals surface area contributed by atoms with Gasteiger partial charge in [-0.15, -0.1) is 0 Å². The average Bonchev–Trinajstić information content (AvgIpc) is 2.40. The summed E-state index contributed by atoms with van der Waals surface area (Å²) in [6, 6.07) is 3.66. The van der Waals surface area contributed by atoms with E-state index in [4.69, 9.17) is 9.52 Å². The van der Waals surface area contributed by atoms with Crippen LogP contribution in [0.15, 0.2) is 28.4 Å². The largest absolute Gasteiger partial charge is 0.465 e. The van der Waals surface area contributed by atoms with Gasteiger partial charge in [0.2, 0.25) is 0 Å². The molecule has 0 unspecified atom stereocenters. The molecule has 2 nitrogen and oxygen atoms in total. The Balaban J connectivity index is 2.71. The van der Waals surface area contributed by atoms with Crippen LogP contribution >= 0.6 is 0 Å². The molecule has 0 aliphatic heterocycles. The lowest BCUT2D eigenvalue weighted by Gasteiger charge is -1.90. The second-order valence-electron chi connectivity index (χ2n) is 2.16. The van der Waals surface area contributed by atoms with Crippen molar-refractivity contribution in [2.45, 2.75) is 6.92 Å². The topological polar surface area (TPSA) is 33.4 Å². The van der Waals surface area contributed by atoms with Crippen LogP contribution < -0.4 is 0 Å². The summed E-state index contributed by atoms with van der Waals surface area (Å²) < 4.78 is 5.02. The van der Waals surface area contributed by atoms with Gasteiger partial charge in [-0.3, -0.25) is 0 Å². The molecular formula is C8H10O2. The predicted octanol–water partition coefficient (Wildman–Crippen LogP) is 1.68. The summed E-state index contributed by atoms with van der Waals surface area (Å²) in [5, 5.41) is 8.62. The lowest BCUT2D eigenvalue weighted by atomic mass is 10.3. The Labute approximate surface area is 59.8 Å². The number of rotatable bonds is 2. The Morgan fingerprint density at radius 3 is 3.10 bits per heavy atom. The molecule has 0 radical (unpaired) electrons. The third kappa shape index (κ3) is 1.74. The van der Waals surface area contributed by atoms with Crippen molar-refractivity contribution < 1.29 is 9.52 Å². The van der Waals surface area contributed by atoms with Gasteiger partial charge >= 0.3 is 0 Å². The number of furan rings is 1. The molecular weight excluding hydrogens is 128 g/mol. The average molecular weight is 138 g/mol. The van der Waals surface area contributed by atoms with E-state index in [1.54, 1.807) is 12.3 Å². The van der Waals surface area contributed by atoms with Crippen LogP contribution in [-0.4, -0.2) is 11.7 Å². The van der Waals surface area contributed by atoms with Gasteiger partial charge in [-0.1, -0.05) is 0 Å². The van der Waals surface area contributed by atoms with Gasteiger partial charge in [-0.2, -0.15) is 0 Å². The van der Waals surface area contributed by atoms with Crippen molar-refractivity contribution in [3.05, 3.63) is 29.7 Å². The van der Waals surface area contributed by atoms with E-state index < -0.39 is 0 Å². The molecule has 1 rings (SSSR count). The normalized spacial score (nSPS) is 12.0. The van der Waals surface area contributed by atoms with Crippen LogP contribution in [0.3, 0.4) is 0 Å². The molecule has 1 N–H and O–H groups in total. The van der Waals surface area contributed by atoms with Crippen LogP contribution in [0.2, 0.25) is 0 Å². The minimum Gasteiger partial charge on any atom is -0.465 e. The van der Waals surface area contributed by atoms with Crippen molar-refractivity contribution >= 4 is 6.08 Å². The third-order valence-corrected chi connectivity index (χ3v) is 1.18. The van der Waals surface area contributed by atoms with Gasteiger partial charge in [-0.05, 0) is 30.7 Å². The zero-order valence-electron chi connectivity index (χ0n) is 5.87. The van der Waals surface area contributed by atoms with Crippen LogP contribution in [0.5, 0.6) is 0 Å². The van der Waals surface area contributed by atoms with Crippen LogP contribution in [0.25, 0.3) is 6.08 Å². The van der Waals surface area contributed by atoms with Gasteiger partial charge in [0.25, 0.3) is 0 Å².